The zero-order chi connectivity index (χ0) is 24.9. The molecule has 0 heterocycles. The molecule has 0 aliphatic heterocycles. The number of methoxy groups -OCH3 is 1. The van der Waals surface area contributed by atoms with Crippen molar-refractivity contribution in [2.45, 2.75) is 76.2 Å². The highest BCUT2D eigenvalue weighted by molar-refractivity contribution is 5.75. The molecule has 4 nitrogen and oxygen atoms in total. The second-order valence-electron chi connectivity index (χ2n) is 9.58. The van der Waals surface area contributed by atoms with Crippen molar-refractivity contribution in [3.63, 3.8) is 0 Å². The van der Waals surface area contributed by atoms with Gasteiger partial charge in [0, 0.05) is 13.2 Å². The van der Waals surface area contributed by atoms with E-state index in [0.717, 1.165) is 31.7 Å². The van der Waals surface area contributed by atoms with Gasteiger partial charge in [0.15, 0.2) is 23.2 Å². The van der Waals surface area contributed by atoms with Crippen molar-refractivity contribution < 1.29 is 32.2 Å². The molecule has 0 amide bonds. The summed E-state index contributed by atoms with van der Waals surface area (Å²) in [6, 6.07) is 7.53. The molecule has 2 aromatic carbocycles. The Morgan fingerprint density at radius 3 is 1.94 bits per heavy atom. The highest BCUT2D eigenvalue weighted by Crippen LogP contribution is 2.41. The van der Waals surface area contributed by atoms with Gasteiger partial charge >= 0.3 is 5.97 Å². The Labute approximate surface area is 204 Å². The largest absolute Gasteiger partial charge is 0.491 e. The lowest BCUT2D eigenvalue weighted by Gasteiger charge is -2.30. The van der Waals surface area contributed by atoms with Gasteiger partial charge in [-0.3, -0.25) is 4.79 Å². The summed E-state index contributed by atoms with van der Waals surface area (Å²) >= 11 is 0. The van der Waals surface area contributed by atoms with E-state index in [0.29, 0.717) is 43.4 Å². The summed E-state index contributed by atoms with van der Waals surface area (Å²) in [5, 5.41) is 0. The van der Waals surface area contributed by atoms with Gasteiger partial charge in [-0.15, -0.1) is 0 Å². The minimum absolute atomic E-state index is 0.0166. The molecule has 2 saturated carbocycles. The predicted octanol–water partition coefficient (Wildman–Crippen LogP) is 7.05. The molecule has 0 aromatic heterocycles. The van der Waals surface area contributed by atoms with Gasteiger partial charge in [-0.05, 0) is 93.4 Å². The van der Waals surface area contributed by atoms with Crippen LogP contribution in [0.15, 0.2) is 30.3 Å². The molecular weight excluding hydrogens is 457 g/mol. The average molecular weight is 491 g/mol. The molecule has 0 N–H and O–H groups in total. The standard InChI is InChI=1S/C28H33F3O4/c1-3-34-25-15-12-21(16-24(25)29)35-28(32)19-6-4-17(5-7-19)22-13-14-23(27(31)26(22)30)18-8-10-20(33-2)11-9-18/h12-20H,3-11H2,1-2H3. The SMILES string of the molecule is CCOc1ccc(OC(=O)C2CCC(c3ccc(C4CCC(OC)CC4)c(F)c3F)CC2)cc1F. The number of carbonyl (C=O) groups excluding carboxylic acids is 1. The second kappa shape index (κ2) is 11.5. The molecule has 2 aromatic rings. The van der Waals surface area contributed by atoms with E-state index in [2.05, 4.69) is 0 Å². The molecule has 7 heteroatoms. The van der Waals surface area contributed by atoms with Gasteiger partial charge < -0.3 is 14.2 Å². The normalized spacial score (nSPS) is 24.7. The van der Waals surface area contributed by atoms with Crippen LogP contribution >= 0.6 is 0 Å². The van der Waals surface area contributed by atoms with Crippen LogP contribution in [-0.4, -0.2) is 25.8 Å². The van der Waals surface area contributed by atoms with Crippen molar-refractivity contribution in [2.24, 2.45) is 5.92 Å². The molecule has 2 fully saturated rings. The number of halogens is 3. The number of hydrogen-bond acceptors (Lipinski definition) is 4. The highest BCUT2D eigenvalue weighted by Gasteiger charge is 2.32. The maximum atomic E-state index is 15.1. The van der Waals surface area contributed by atoms with E-state index < -0.39 is 23.4 Å². The maximum Gasteiger partial charge on any atom is 0.314 e. The number of benzene rings is 2. The molecule has 0 radical (unpaired) electrons. The summed E-state index contributed by atoms with van der Waals surface area (Å²) in [5.74, 6) is -2.76. The van der Waals surface area contributed by atoms with Gasteiger partial charge in [-0.2, -0.15) is 0 Å². The van der Waals surface area contributed by atoms with Crippen LogP contribution < -0.4 is 9.47 Å². The van der Waals surface area contributed by atoms with E-state index in [1.165, 1.54) is 12.1 Å². The summed E-state index contributed by atoms with van der Waals surface area (Å²) in [4.78, 5) is 12.6. The van der Waals surface area contributed by atoms with E-state index >= 15 is 8.78 Å². The van der Waals surface area contributed by atoms with Crippen LogP contribution in [0.25, 0.3) is 0 Å². The number of ether oxygens (including phenoxy) is 3. The summed E-state index contributed by atoms with van der Waals surface area (Å²) in [7, 11) is 1.69. The maximum absolute atomic E-state index is 15.1. The first-order valence-corrected chi connectivity index (χ1v) is 12.6. The molecule has 2 aliphatic carbocycles. The van der Waals surface area contributed by atoms with E-state index in [1.807, 2.05) is 0 Å². The number of hydrogen-bond donors (Lipinski definition) is 0. The Hall–Kier alpha value is -2.54. The van der Waals surface area contributed by atoms with Crippen molar-refractivity contribution in [1.29, 1.82) is 0 Å². The quantitative estimate of drug-likeness (QED) is 0.308. The van der Waals surface area contributed by atoms with Crippen LogP contribution in [0.5, 0.6) is 11.5 Å². The zero-order valence-electron chi connectivity index (χ0n) is 20.3. The van der Waals surface area contributed by atoms with E-state index in [1.54, 1.807) is 26.2 Å². The smallest absolute Gasteiger partial charge is 0.314 e. The summed E-state index contributed by atoms with van der Waals surface area (Å²) in [5.41, 5.74) is 0.845. The molecule has 0 unspecified atom stereocenters. The van der Waals surface area contributed by atoms with E-state index in [4.69, 9.17) is 14.2 Å². The monoisotopic (exact) mass is 490 g/mol. The molecule has 0 atom stereocenters. The van der Waals surface area contributed by atoms with Crippen LogP contribution in [0.3, 0.4) is 0 Å². The van der Waals surface area contributed by atoms with Crippen LogP contribution in [0, 0.1) is 23.4 Å². The fourth-order valence-corrected chi connectivity index (χ4v) is 5.48. The van der Waals surface area contributed by atoms with Gasteiger partial charge in [-0.1, -0.05) is 12.1 Å². The molecule has 190 valence electrons. The Kier molecular flexibility index (Phi) is 8.37. The number of rotatable bonds is 7. The lowest BCUT2D eigenvalue weighted by molar-refractivity contribution is -0.140. The second-order valence-corrected chi connectivity index (χ2v) is 9.58. The lowest BCUT2D eigenvalue weighted by Crippen LogP contribution is -2.25. The van der Waals surface area contributed by atoms with Gasteiger partial charge in [0.25, 0.3) is 0 Å². The van der Waals surface area contributed by atoms with Crippen molar-refractivity contribution in [2.75, 3.05) is 13.7 Å². The van der Waals surface area contributed by atoms with Gasteiger partial charge in [-0.25, -0.2) is 13.2 Å². The Morgan fingerprint density at radius 2 is 1.43 bits per heavy atom. The van der Waals surface area contributed by atoms with Crippen molar-refractivity contribution in [3.05, 3.63) is 58.9 Å². The number of carbonyl (C=O) groups is 1. The first-order valence-electron chi connectivity index (χ1n) is 12.6. The third-order valence-electron chi connectivity index (χ3n) is 7.51. The number of esters is 1. The van der Waals surface area contributed by atoms with Crippen molar-refractivity contribution in [3.8, 4) is 11.5 Å². The molecule has 0 bridgehead atoms. The topological polar surface area (TPSA) is 44.8 Å². The Bertz CT molecular complexity index is 1030. The van der Waals surface area contributed by atoms with Crippen molar-refractivity contribution in [1.82, 2.24) is 0 Å². The van der Waals surface area contributed by atoms with Gasteiger partial charge in [0.2, 0.25) is 0 Å². The zero-order valence-corrected chi connectivity index (χ0v) is 20.3. The third kappa shape index (κ3) is 5.83. The lowest BCUT2D eigenvalue weighted by atomic mass is 9.77. The highest BCUT2D eigenvalue weighted by atomic mass is 19.2. The van der Waals surface area contributed by atoms with E-state index in [9.17, 15) is 9.18 Å². The minimum atomic E-state index is -0.757. The average Bonchev–Trinajstić information content (AvgIpc) is 2.87. The third-order valence-corrected chi connectivity index (χ3v) is 7.51. The molecule has 0 spiro atoms. The molecular formula is C28H33F3O4. The molecule has 4 rings (SSSR count). The Balaban J connectivity index is 1.35. The van der Waals surface area contributed by atoms with Crippen LogP contribution in [-0.2, 0) is 9.53 Å². The van der Waals surface area contributed by atoms with Crippen LogP contribution in [0.1, 0.15) is 81.3 Å². The predicted molar refractivity (Wildman–Crippen MR) is 126 cm³/mol. The Morgan fingerprint density at radius 1 is 0.857 bits per heavy atom. The minimum Gasteiger partial charge on any atom is -0.491 e. The van der Waals surface area contributed by atoms with Crippen LogP contribution in [0.2, 0.25) is 0 Å². The molecule has 35 heavy (non-hydrogen) atoms. The fourth-order valence-electron chi connectivity index (χ4n) is 5.48. The van der Waals surface area contributed by atoms with Crippen molar-refractivity contribution >= 4 is 5.97 Å². The first kappa shape index (κ1) is 25.5. The van der Waals surface area contributed by atoms with Gasteiger partial charge in [0.1, 0.15) is 5.75 Å². The molecule has 2 aliphatic rings. The van der Waals surface area contributed by atoms with E-state index in [-0.39, 0.29) is 35.4 Å². The summed E-state index contributed by atoms with van der Waals surface area (Å²) < 4.78 is 60.0. The van der Waals surface area contributed by atoms with Gasteiger partial charge in [0.05, 0.1) is 18.6 Å². The summed E-state index contributed by atoms with van der Waals surface area (Å²) in [6.07, 6.45) is 5.63. The molecule has 0 saturated heterocycles. The van der Waals surface area contributed by atoms with Crippen LogP contribution in [0.4, 0.5) is 13.2 Å². The first-order chi connectivity index (χ1) is 16.9. The summed E-state index contributed by atoms with van der Waals surface area (Å²) in [6.45, 7) is 2.09. The fraction of sp³-hybridized carbons (Fsp3) is 0.536.